The highest BCUT2D eigenvalue weighted by atomic mass is 19.4. The largest absolute Gasteiger partial charge is 0.389 e. The molecule has 0 aromatic rings. The van der Waals surface area contributed by atoms with Crippen molar-refractivity contribution in [2.24, 2.45) is 5.73 Å². The lowest BCUT2D eigenvalue weighted by atomic mass is 9.87. The number of alkyl halides is 3. The Kier molecular flexibility index (Phi) is 3.36. The number of hydrogen-bond acceptors (Lipinski definition) is 2. The predicted octanol–water partition coefficient (Wildman–Crippen LogP) is 0.935. The molecule has 3 N–H and O–H groups in total. The van der Waals surface area contributed by atoms with Crippen LogP contribution in [-0.2, 0) is 4.79 Å². The van der Waals surface area contributed by atoms with Crippen molar-refractivity contribution in [3.63, 3.8) is 0 Å². The highest BCUT2D eigenvalue weighted by Crippen LogP contribution is 2.22. The minimum absolute atomic E-state index is 0.0225. The van der Waals surface area contributed by atoms with Crippen LogP contribution >= 0.6 is 0 Å². The third-order valence-electron chi connectivity index (χ3n) is 2.18. The zero-order valence-electron chi connectivity index (χ0n) is 7.60. The van der Waals surface area contributed by atoms with E-state index in [-0.39, 0.29) is 12.1 Å². The van der Waals surface area contributed by atoms with Crippen molar-refractivity contribution in [2.75, 3.05) is 0 Å². The summed E-state index contributed by atoms with van der Waals surface area (Å²) in [7, 11) is 0. The lowest BCUT2D eigenvalue weighted by Gasteiger charge is -2.33. The average Bonchev–Trinajstić information content (AvgIpc) is 1.97. The molecule has 14 heavy (non-hydrogen) atoms. The van der Waals surface area contributed by atoms with E-state index in [2.05, 4.69) is 5.32 Å². The summed E-state index contributed by atoms with van der Waals surface area (Å²) in [6.45, 7) is 0. The van der Waals surface area contributed by atoms with Crippen LogP contribution in [0.25, 0.3) is 0 Å². The first-order valence-corrected chi connectivity index (χ1v) is 4.48. The van der Waals surface area contributed by atoms with Crippen LogP contribution in [0.2, 0.25) is 0 Å². The van der Waals surface area contributed by atoms with Gasteiger partial charge in [-0.3, -0.25) is 4.79 Å². The van der Waals surface area contributed by atoms with Gasteiger partial charge < -0.3 is 11.1 Å². The molecular weight excluding hydrogens is 197 g/mol. The molecule has 0 saturated heterocycles. The second-order valence-corrected chi connectivity index (χ2v) is 3.61. The maximum absolute atomic E-state index is 11.7. The molecule has 1 fully saturated rings. The molecule has 1 saturated carbocycles. The fourth-order valence-corrected chi connectivity index (χ4v) is 1.33. The fraction of sp³-hybridized carbons (Fsp3) is 0.875. The molecule has 0 unspecified atom stereocenters. The van der Waals surface area contributed by atoms with Crippen molar-refractivity contribution < 1.29 is 18.0 Å². The van der Waals surface area contributed by atoms with E-state index in [1.807, 2.05) is 0 Å². The topological polar surface area (TPSA) is 55.1 Å². The fourth-order valence-electron chi connectivity index (χ4n) is 1.33. The molecule has 1 rings (SSSR count). The smallest absolute Gasteiger partial charge is 0.353 e. The van der Waals surface area contributed by atoms with Crippen molar-refractivity contribution in [1.82, 2.24) is 5.32 Å². The predicted molar refractivity (Wildman–Crippen MR) is 44.4 cm³/mol. The first-order chi connectivity index (χ1) is 6.37. The maximum Gasteiger partial charge on any atom is 0.389 e. The summed E-state index contributed by atoms with van der Waals surface area (Å²) in [6, 6.07) is 0.0636. The molecule has 0 bridgehead atoms. The first-order valence-electron chi connectivity index (χ1n) is 4.48. The molecule has 0 aromatic heterocycles. The second kappa shape index (κ2) is 4.16. The Hall–Kier alpha value is -0.780. The summed E-state index contributed by atoms with van der Waals surface area (Å²) in [5.74, 6) is -0.542. The highest BCUT2D eigenvalue weighted by Gasteiger charge is 2.30. The zero-order chi connectivity index (χ0) is 10.8. The number of nitrogens with two attached hydrogens (primary N) is 1. The van der Waals surface area contributed by atoms with E-state index < -0.39 is 24.9 Å². The van der Waals surface area contributed by atoms with Gasteiger partial charge >= 0.3 is 6.18 Å². The van der Waals surface area contributed by atoms with Gasteiger partial charge in [-0.05, 0) is 12.8 Å². The maximum atomic E-state index is 11.7. The summed E-state index contributed by atoms with van der Waals surface area (Å²) >= 11 is 0. The van der Waals surface area contributed by atoms with Gasteiger partial charge in [-0.2, -0.15) is 13.2 Å². The van der Waals surface area contributed by atoms with Crippen molar-refractivity contribution >= 4 is 5.91 Å². The first kappa shape index (κ1) is 11.3. The van der Waals surface area contributed by atoms with Crippen molar-refractivity contribution in [2.45, 2.75) is 43.9 Å². The molecule has 1 aliphatic carbocycles. The molecule has 0 heterocycles. The molecule has 6 heteroatoms. The number of nitrogens with one attached hydrogen (secondary N) is 1. The van der Waals surface area contributed by atoms with Gasteiger partial charge in [0.05, 0.1) is 6.42 Å². The molecule has 3 nitrogen and oxygen atoms in total. The van der Waals surface area contributed by atoms with Crippen molar-refractivity contribution in [3.05, 3.63) is 0 Å². The lowest BCUT2D eigenvalue weighted by Crippen LogP contribution is -2.50. The summed E-state index contributed by atoms with van der Waals surface area (Å²) in [5, 5.41) is 2.50. The third-order valence-corrected chi connectivity index (χ3v) is 2.18. The summed E-state index contributed by atoms with van der Waals surface area (Å²) < 4.78 is 35.1. The van der Waals surface area contributed by atoms with Gasteiger partial charge in [0, 0.05) is 18.5 Å². The Morgan fingerprint density at radius 3 is 2.43 bits per heavy atom. The lowest BCUT2D eigenvalue weighted by molar-refractivity contribution is -0.144. The van der Waals surface area contributed by atoms with Gasteiger partial charge in [0.2, 0.25) is 5.91 Å². The SMILES string of the molecule is NC1CC(NC(=O)CCC(F)(F)F)C1. The second-order valence-electron chi connectivity index (χ2n) is 3.61. The molecule has 1 aliphatic rings. The Balaban J connectivity index is 2.11. The van der Waals surface area contributed by atoms with Gasteiger partial charge in [0.15, 0.2) is 0 Å². The standard InChI is InChI=1S/C8H13F3N2O/c9-8(10,11)2-1-7(14)13-6-3-5(12)4-6/h5-6H,1-4,12H2,(H,13,14). The van der Waals surface area contributed by atoms with Gasteiger partial charge in [-0.25, -0.2) is 0 Å². The van der Waals surface area contributed by atoms with Crippen LogP contribution < -0.4 is 11.1 Å². The van der Waals surface area contributed by atoms with Crippen LogP contribution in [0.5, 0.6) is 0 Å². The number of carbonyl (C=O) groups is 1. The Morgan fingerprint density at radius 2 is 2.00 bits per heavy atom. The van der Waals surface area contributed by atoms with Crippen molar-refractivity contribution in [1.29, 1.82) is 0 Å². The zero-order valence-corrected chi connectivity index (χ0v) is 7.60. The number of amides is 1. The normalized spacial score (nSPS) is 26.9. The Labute approximate surface area is 79.8 Å². The molecular formula is C8H13F3N2O. The van der Waals surface area contributed by atoms with Crippen LogP contribution in [0.3, 0.4) is 0 Å². The van der Waals surface area contributed by atoms with Crippen LogP contribution in [0.1, 0.15) is 25.7 Å². The molecule has 0 aromatic carbocycles. The van der Waals surface area contributed by atoms with E-state index in [1.165, 1.54) is 0 Å². The van der Waals surface area contributed by atoms with E-state index in [1.54, 1.807) is 0 Å². The minimum atomic E-state index is -4.26. The number of hydrogen-bond donors (Lipinski definition) is 2. The third kappa shape index (κ3) is 3.95. The quantitative estimate of drug-likeness (QED) is 0.728. The molecule has 0 radical (unpaired) electrons. The monoisotopic (exact) mass is 210 g/mol. The molecule has 0 spiro atoms. The Bertz CT molecular complexity index is 211. The van der Waals surface area contributed by atoms with Gasteiger partial charge in [-0.15, -0.1) is 0 Å². The summed E-state index contributed by atoms with van der Waals surface area (Å²) in [5.41, 5.74) is 5.46. The summed E-state index contributed by atoms with van der Waals surface area (Å²) in [4.78, 5) is 10.9. The van der Waals surface area contributed by atoms with Gasteiger partial charge in [0.1, 0.15) is 0 Å². The van der Waals surface area contributed by atoms with E-state index in [4.69, 9.17) is 5.73 Å². The van der Waals surface area contributed by atoms with E-state index >= 15 is 0 Å². The number of rotatable bonds is 3. The van der Waals surface area contributed by atoms with Crippen LogP contribution in [0, 0.1) is 0 Å². The van der Waals surface area contributed by atoms with Crippen molar-refractivity contribution in [3.8, 4) is 0 Å². The average molecular weight is 210 g/mol. The molecule has 1 amide bonds. The van der Waals surface area contributed by atoms with Crippen LogP contribution in [0.15, 0.2) is 0 Å². The molecule has 82 valence electrons. The molecule has 0 atom stereocenters. The van der Waals surface area contributed by atoms with E-state index in [0.717, 1.165) is 0 Å². The summed E-state index contributed by atoms with van der Waals surface area (Å²) in [6.07, 6.45) is -4.48. The van der Waals surface area contributed by atoms with E-state index in [9.17, 15) is 18.0 Å². The Morgan fingerprint density at radius 1 is 1.43 bits per heavy atom. The van der Waals surface area contributed by atoms with Crippen LogP contribution in [0.4, 0.5) is 13.2 Å². The van der Waals surface area contributed by atoms with E-state index in [0.29, 0.717) is 12.8 Å². The van der Waals surface area contributed by atoms with Gasteiger partial charge in [0.25, 0.3) is 0 Å². The van der Waals surface area contributed by atoms with Crippen LogP contribution in [-0.4, -0.2) is 24.2 Å². The minimum Gasteiger partial charge on any atom is -0.353 e. The highest BCUT2D eigenvalue weighted by molar-refractivity contribution is 5.76. The molecule has 0 aliphatic heterocycles. The van der Waals surface area contributed by atoms with Gasteiger partial charge in [-0.1, -0.05) is 0 Å². The number of carbonyl (C=O) groups excluding carboxylic acids is 1. The number of halogens is 3.